The summed E-state index contributed by atoms with van der Waals surface area (Å²) in [6.45, 7) is 6.99. The molecule has 0 saturated heterocycles. The maximum atomic E-state index is 11.8. The summed E-state index contributed by atoms with van der Waals surface area (Å²) >= 11 is 5.05. The van der Waals surface area contributed by atoms with Gasteiger partial charge in [0.2, 0.25) is 5.91 Å². The van der Waals surface area contributed by atoms with Crippen LogP contribution in [-0.2, 0) is 4.79 Å². The van der Waals surface area contributed by atoms with E-state index >= 15 is 0 Å². The minimum absolute atomic E-state index is 0.0990. The first kappa shape index (κ1) is 15.4. The molecule has 1 aromatic rings. The summed E-state index contributed by atoms with van der Waals surface area (Å²) < 4.78 is 0. The van der Waals surface area contributed by atoms with Gasteiger partial charge in [-0.3, -0.25) is 4.79 Å². The van der Waals surface area contributed by atoms with Gasteiger partial charge in [0.25, 0.3) is 0 Å². The predicted octanol–water partition coefficient (Wildman–Crippen LogP) is 2.12. The molecule has 0 atom stereocenters. The van der Waals surface area contributed by atoms with E-state index < -0.39 is 0 Å². The molecule has 104 valence electrons. The molecule has 0 aromatic heterocycles. The molecule has 3 N–H and O–H groups in total. The smallest absolute Gasteiger partial charge is 0.243 e. The SMILES string of the molecule is CCCNC(=S)NCC(=O)Nc1c(C)cccc1C. The lowest BCUT2D eigenvalue weighted by molar-refractivity contribution is -0.115. The summed E-state index contributed by atoms with van der Waals surface area (Å²) in [6, 6.07) is 5.93. The Kier molecular flexibility index (Phi) is 6.29. The second-order valence-electron chi connectivity index (χ2n) is 4.42. The first-order valence-corrected chi connectivity index (χ1v) is 6.83. The van der Waals surface area contributed by atoms with Crippen LogP contribution in [0, 0.1) is 13.8 Å². The van der Waals surface area contributed by atoms with Crippen molar-refractivity contribution in [2.75, 3.05) is 18.4 Å². The van der Waals surface area contributed by atoms with Gasteiger partial charge in [-0.15, -0.1) is 0 Å². The molecule has 1 rings (SSSR count). The minimum atomic E-state index is -0.0990. The molecule has 0 aliphatic rings. The van der Waals surface area contributed by atoms with Crippen molar-refractivity contribution in [3.05, 3.63) is 29.3 Å². The number of thiocarbonyl (C=S) groups is 1. The number of hydrogen-bond acceptors (Lipinski definition) is 2. The van der Waals surface area contributed by atoms with Crippen LogP contribution in [0.5, 0.6) is 0 Å². The predicted molar refractivity (Wildman–Crippen MR) is 83.4 cm³/mol. The number of anilines is 1. The number of aryl methyl sites for hydroxylation is 2. The molecule has 0 unspecified atom stereocenters. The summed E-state index contributed by atoms with van der Waals surface area (Å²) in [6.07, 6.45) is 0.996. The summed E-state index contributed by atoms with van der Waals surface area (Å²) in [5.41, 5.74) is 2.99. The van der Waals surface area contributed by atoms with Crippen molar-refractivity contribution in [2.45, 2.75) is 27.2 Å². The molecule has 1 aromatic carbocycles. The molecular formula is C14H21N3OS. The van der Waals surface area contributed by atoms with Gasteiger partial charge < -0.3 is 16.0 Å². The molecule has 5 heteroatoms. The molecule has 0 saturated carbocycles. The van der Waals surface area contributed by atoms with E-state index in [-0.39, 0.29) is 12.5 Å². The van der Waals surface area contributed by atoms with Crippen LogP contribution in [0.3, 0.4) is 0 Å². The fraction of sp³-hybridized carbons (Fsp3) is 0.429. The lowest BCUT2D eigenvalue weighted by Gasteiger charge is -2.13. The van der Waals surface area contributed by atoms with Crippen molar-refractivity contribution in [3.63, 3.8) is 0 Å². The number of carbonyl (C=O) groups excluding carboxylic acids is 1. The molecule has 4 nitrogen and oxygen atoms in total. The third kappa shape index (κ3) is 5.26. The molecule has 0 bridgehead atoms. The monoisotopic (exact) mass is 279 g/mol. The lowest BCUT2D eigenvalue weighted by atomic mass is 10.1. The van der Waals surface area contributed by atoms with Gasteiger partial charge in [-0.1, -0.05) is 25.1 Å². The van der Waals surface area contributed by atoms with Crippen molar-refractivity contribution >= 4 is 28.9 Å². The van der Waals surface area contributed by atoms with E-state index in [1.165, 1.54) is 0 Å². The van der Waals surface area contributed by atoms with Crippen LogP contribution in [0.4, 0.5) is 5.69 Å². The second kappa shape index (κ2) is 7.74. The number of rotatable bonds is 5. The van der Waals surface area contributed by atoms with Crippen molar-refractivity contribution < 1.29 is 4.79 Å². The standard InChI is InChI=1S/C14H21N3OS/c1-4-8-15-14(19)16-9-12(18)17-13-10(2)6-5-7-11(13)3/h5-7H,4,8-9H2,1-3H3,(H,17,18)(H2,15,16,19). The Morgan fingerprint density at radius 2 is 1.84 bits per heavy atom. The van der Waals surface area contributed by atoms with Crippen molar-refractivity contribution in [1.29, 1.82) is 0 Å². The van der Waals surface area contributed by atoms with Gasteiger partial charge >= 0.3 is 0 Å². The fourth-order valence-corrected chi connectivity index (χ4v) is 1.83. The molecule has 0 aliphatic heterocycles. The van der Waals surface area contributed by atoms with Gasteiger partial charge in [-0.25, -0.2) is 0 Å². The van der Waals surface area contributed by atoms with E-state index in [9.17, 15) is 4.79 Å². The zero-order valence-electron chi connectivity index (χ0n) is 11.7. The molecule has 0 heterocycles. The maximum Gasteiger partial charge on any atom is 0.243 e. The van der Waals surface area contributed by atoms with E-state index in [0.717, 1.165) is 29.8 Å². The quantitative estimate of drug-likeness (QED) is 0.723. The molecule has 0 fully saturated rings. The first-order chi connectivity index (χ1) is 9.04. The van der Waals surface area contributed by atoms with E-state index in [0.29, 0.717) is 5.11 Å². The average molecular weight is 279 g/mol. The van der Waals surface area contributed by atoms with Gasteiger partial charge in [-0.2, -0.15) is 0 Å². The Labute approximate surface area is 120 Å². The maximum absolute atomic E-state index is 11.8. The van der Waals surface area contributed by atoms with Crippen LogP contribution in [-0.4, -0.2) is 24.1 Å². The number of benzene rings is 1. The Bertz CT molecular complexity index is 440. The Hall–Kier alpha value is -1.62. The van der Waals surface area contributed by atoms with Gasteiger partial charge in [0.1, 0.15) is 0 Å². The molecule has 0 radical (unpaired) electrons. The summed E-state index contributed by atoms with van der Waals surface area (Å²) in [5.74, 6) is -0.0990. The Balaban J connectivity index is 2.45. The van der Waals surface area contributed by atoms with E-state index in [2.05, 4.69) is 22.9 Å². The summed E-state index contributed by atoms with van der Waals surface area (Å²) in [7, 11) is 0. The number of nitrogens with one attached hydrogen (secondary N) is 3. The number of hydrogen-bond donors (Lipinski definition) is 3. The van der Waals surface area contributed by atoms with E-state index in [1.807, 2.05) is 32.0 Å². The van der Waals surface area contributed by atoms with Gasteiger partial charge in [0.15, 0.2) is 5.11 Å². The third-order valence-electron chi connectivity index (χ3n) is 2.69. The fourth-order valence-electron chi connectivity index (χ4n) is 1.66. The molecular weight excluding hydrogens is 258 g/mol. The van der Waals surface area contributed by atoms with Crippen LogP contribution in [0.2, 0.25) is 0 Å². The Morgan fingerprint density at radius 1 is 1.21 bits per heavy atom. The molecule has 0 spiro atoms. The van der Waals surface area contributed by atoms with Crippen molar-refractivity contribution in [2.24, 2.45) is 0 Å². The number of amides is 1. The van der Waals surface area contributed by atoms with Crippen LogP contribution in [0.15, 0.2) is 18.2 Å². The zero-order chi connectivity index (χ0) is 14.3. The van der Waals surface area contributed by atoms with Crippen LogP contribution >= 0.6 is 12.2 Å². The van der Waals surface area contributed by atoms with Gasteiger partial charge in [0.05, 0.1) is 6.54 Å². The highest BCUT2D eigenvalue weighted by Crippen LogP contribution is 2.18. The molecule has 1 amide bonds. The zero-order valence-corrected chi connectivity index (χ0v) is 12.5. The molecule has 19 heavy (non-hydrogen) atoms. The third-order valence-corrected chi connectivity index (χ3v) is 2.98. The average Bonchev–Trinajstić information content (AvgIpc) is 2.38. The normalized spacial score (nSPS) is 9.84. The highest BCUT2D eigenvalue weighted by atomic mass is 32.1. The first-order valence-electron chi connectivity index (χ1n) is 6.42. The van der Waals surface area contributed by atoms with Crippen LogP contribution in [0.1, 0.15) is 24.5 Å². The van der Waals surface area contributed by atoms with Crippen LogP contribution < -0.4 is 16.0 Å². The van der Waals surface area contributed by atoms with Crippen LogP contribution in [0.25, 0.3) is 0 Å². The van der Waals surface area contributed by atoms with Crippen molar-refractivity contribution in [1.82, 2.24) is 10.6 Å². The van der Waals surface area contributed by atoms with Crippen molar-refractivity contribution in [3.8, 4) is 0 Å². The number of para-hydroxylation sites is 1. The van der Waals surface area contributed by atoms with E-state index in [4.69, 9.17) is 12.2 Å². The second-order valence-corrected chi connectivity index (χ2v) is 4.83. The van der Waals surface area contributed by atoms with Gasteiger partial charge in [0, 0.05) is 12.2 Å². The topological polar surface area (TPSA) is 53.2 Å². The highest BCUT2D eigenvalue weighted by Gasteiger charge is 2.07. The largest absolute Gasteiger partial charge is 0.363 e. The number of carbonyl (C=O) groups is 1. The van der Waals surface area contributed by atoms with E-state index in [1.54, 1.807) is 0 Å². The minimum Gasteiger partial charge on any atom is -0.363 e. The highest BCUT2D eigenvalue weighted by molar-refractivity contribution is 7.80. The van der Waals surface area contributed by atoms with Gasteiger partial charge in [-0.05, 0) is 43.6 Å². The summed E-state index contributed by atoms with van der Waals surface area (Å²) in [5, 5.41) is 9.31. The molecule has 0 aliphatic carbocycles. The lowest BCUT2D eigenvalue weighted by Crippen LogP contribution is -2.40. The summed E-state index contributed by atoms with van der Waals surface area (Å²) in [4.78, 5) is 11.8. The Morgan fingerprint density at radius 3 is 2.42 bits per heavy atom.